The van der Waals surface area contributed by atoms with E-state index in [1.807, 2.05) is 11.9 Å². The molecule has 0 radical (unpaired) electrons. The molecular weight excluding hydrogens is 403 g/mol. The van der Waals surface area contributed by atoms with Gasteiger partial charge in [-0.25, -0.2) is 4.99 Å². The normalized spacial score (nSPS) is 10.7. The van der Waals surface area contributed by atoms with Crippen molar-refractivity contribution < 1.29 is 4.79 Å². The average Bonchev–Trinajstić information content (AvgIpc) is 2.49. The van der Waals surface area contributed by atoms with Crippen LogP contribution in [-0.2, 0) is 11.3 Å². The van der Waals surface area contributed by atoms with Crippen molar-refractivity contribution in [1.29, 1.82) is 0 Å². The maximum atomic E-state index is 11.7. The quantitative estimate of drug-likeness (QED) is 0.427. The van der Waals surface area contributed by atoms with E-state index in [-0.39, 0.29) is 36.4 Å². The number of benzene rings is 1. The largest absolute Gasteiger partial charge is 0.356 e. The fraction of sp³-hybridized carbons (Fsp3) is 0.529. The van der Waals surface area contributed by atoms with Crippen LogP contribution < -0.4 is 5.32 Å². The van der Waals surface area contributed by atoms with E-state index >= 15 is 0 Å². The van der Waals surface area contributed by atoms with Crippen molar-refractivity contribution in [3.8, 4) is 0 Å². The van der Waals surface area contributed by atoms with Crippen molar-refractivity contribution in [1.82, 2.24) is 15.1 Å². The van der Waals surface area contributed by atoms with Gasteiger partial charge < -0.3 is 15.1 Å². The van der Waals surface area contributed by atoms with Crippen LogP contribution in [0.5, 0.6) is 0 Å². The smallest absolute Gasteiger partial charge is 0.243 e. The second kappa shape index (κ2) is 11.3. The Labute approximate surface area is 157 Å². The van der Waals surface area contributed by atoms with Crippen LogP contribution in [0.4, 0.5) is 0 Å². The molecule has 1 aromatic carbocycles. The van der Waals surface area contributed by atoms with Crippen LogP contribution in [-0.4, -0.2) is 55.9 Å². The van der Waals surface area contributed by atoms with Crippen molar-refractivity contribution in [2.24, 2.45) is 4.99 Å². The molecule has 6 heteroatoms. The van der Waals surface area contributed by atoms with E-state index in [1.54, 1.807) is 19.0 Å². The number of rotatable bonds is 6. The lowest BCUT2D eigenvalue weighted by Gasteiger charge is -2.23. The topological polar surface area (TPSA) is 47.9 Å². The Bertz CT molecular complexity index is 500. The number of aliphatic imine (C=N–C) groups is 1. The molecule has 1 rings (SSSR count). The summed E-state index contributed by atoms with van der Waals surface area (Å²) in [5, 5.41) is 3.30. The number of nitrogens with zero attached hydrogens (tertiary/aromatic N) is 3. The SMILES string of the molecule is CCCNC(=NCC(=O)N(C)C)N(C)Cc1ccc(C)cc1.I. The lowest BCUT2D eigenvalue weighted by atomic mass is 10.1. The third-order valence-electron chi connectivity index (χ3n) is 3.30. The van der Waals surface area contributed by atoms with E-state index in [4.69, 9.17) is 0 Å². The van der Waals surface area contributed by atoms with Gasteiger partial charge >= 0.3 is 0 Å². The fourth-order valence-corrected chi connectivity index (χ4v) is 1.87. The van der Waals surface area contributed by atoms with Crippen molar-refractivity contribution in [2.45, 2.75) is 26.8 Å². The number of hydrogen-bond acceptors (Lipinski definition) is 2. The minimum absolute atomic E-state index is 0. The van der Waals surface area contributed by atoms with Gasteiger partial charge in [-0.3, -0.25) is 4.79 Å². The zero-order chi connectivity index (χ0) is 16.5. The Hall–Kier alpha value is -1.31. The first-order valence-corrected chi connectivity index (χ1v) is 7.69. The standard InChI is InChI=1S/C17H28N4O.HI/c1-6-11-18-17(19-12-16(22)20(3)4)21(5)13-15-9-7-14(2)8-10-15;/h7-10H,6,11-13H2,1-5H3,(H,18,19);1H. The second-order valence-electron chi connectivity index (χ2n) is 5.70. The lowest BCUT2D eigenvalue weighted by Crippen LogP contribution is -2.39. The molecule has 0 saturated carbocycles. The molecule has 5 nitrogen and oxygen atoms in total. The highest BCUT2D eigenvalue weighted by Crippen LogP contribution is 2.06. The highest BCUT2D eigenvalue weighted by Gasteiger charge is 2.09. The molecular formula is C17H29IN4O. The van der Waals surface area contributed by atoms with Gasteiger partial charge in [-0.15, -0.1) is 24.0 Å². The summed E-state index contributed by atoms with van der Waals surface area (Å²) in [5.41, 5.74) is 2.47. The van der Waals surface area contributed by atoms with Crippen LogP contribution in [0.2, 0.25) is 0 Å². The van der Waals surface area contributed by atoms with Gasteiger partial charge in [0, 0.05) is 34.2 Å². The summed E-state index contributed by atoms with van der Waals surface area (Å²) < 4.78 is 0. The predicted octanol–water partition coefficient (Wildman–Crippen LogP) is 2.49. The molecule has 0 unspecified atom stereocenters. The van der Waals surface area contributed by atoms with E-state index < -0.39 is 0 Å². The molecule has 23 heavy (non-hydrogen) atoms. The van der Waals surface area contributed by atoms with Crippen LogP contribution in [0.1, 0.15) is 24.5 Å². The van der Waals surface area contributed by atoms with Crippen LogP contribution >= 0.6 is 24.0 Å². The Morgan fingerprint density at radius 3 is 2.30 bits per heavy atom. The zero-order valence-electron chi connectivity index (χ0n) is 14.8. The van der Waals surface area contributed by atoms with Gasteiger partial charge in [0.05, 0.1) is 0 Å². The van der Waals surface area contributed by atoms with Crippen molar-refractivity contribution in [2.75, 3.05) is 34.2 Å². The Kier molecular flexibility index (Phi) is 10.6. The van der Waals surface area contributed by atoms with E-state index in [9.17, 15) is 4.79 Å². The van der Waals surface area contributed by atoms with Crippen LogP contribution in [0.3, 0.4) is 0 Å². The van der Waals surface area contributed by atoms with Gasteiger partial charge in [0.2, 0.25) is 5.91 Å². The first-order valence-electron chi connectivity index (χ1n) is 7.69. The molecule has 0 aliphatic rings. The highest BCUT2D eigenvalue weighted by molar-refractivity contribution is 14.0. The van der Waals surface area contributed by atoms with Gasteiger partial charge in [-0.2, -0.15) is 0 Å². The van der Waals surface area contributed by atoms with Gasteiger partial charge in [0.1, 0.15) is 6.54 Å². The van der Waals surface area contributed by atoms with Crippen molar-refractivity contribution in [3.05, 3.63) is 35.4 Å². The highest BCUT2D eigenvalue weighted by atomic mass is 127. The van der Waals surface area contributed by atoms with Gasteiger partial charge in [-0.1, -0.05) is 36.8 Å². The number of amides is 1. The van der Waals surface area contributed by atoms with Gasteiger partial charge in [0.25, 0.3) is 0 Å². The molecule has 0 saturated heterocycles. The van der Waals surface area contributed by atoms with E-state index in [2.05, 4.69) is 48.4 Å². The van der Waals surface area contributed by atoms with Gasteiger partial charge in [0.15, 0.2) is 5.96 Å². The van der Waals surface area contributed by atoms with Gasteiger partial charge in [-0.05, 0) is 18.9 Å². The molecule has 0 spiro atoms. The van der Waals surface area contributed by atoms with Crippen LogP contribution in [0.25, 0.3) is 0 Å². The minimum Gasteiger partial charge on any atom is -0.356 e. The zero-order valence-corrected chi connectivity index (χ0v) is 17.1. The number of carbonyl (C=O) groups is 1. The Balaban J connectivity index is 0.00000484. The third kappa shape index (κ3) is 8.20. The molecule has 0 atom stereocenters. The summed E-state index contributed by atoms with van der Waals surface area (Å²) in [6.07, 6.45) is 1.01. The number of hydrogen-bond donors (Lipinski definition) is 1. The predicted molar refractivity (Wildman–Crippen MR) is 107 cm³/mol. The molecule has 0 bridgehead atoms. The number of aryl methyl sites for hydroxylation is 1. The Morgan fingerprint density at radius 1 is 1.17 bits per heavy atom. The summed E-state index contributed by atoms with van der Waals surface area (Å²) in [6, 6.07) is 8.45. The third-order valence-corrected chi connectivity index (χ3v) is 3.30. The lowest BCUT2D eigenvalue weighted by molar-refractivity contribution is -0.127. The fourth-order valence-electron chi connectivity index (χ4n) is 1.87. The van der Waals surface area contributed by atoms with Crippen LogP contribution in [0, 0.1) is 6.92 Å². The second-order valence-corrected chi connectivity index (χ2v) is 5.70. The summed E-state index contributed by atoms with van der Waals surface area (Å²) >= 11 is 0. The maximum absolute atomic E-state index is 11.7. The molecule has 0 aromatic heterocycles. The molecule has 130 valence electrons. The molecule has 1 aromatic rings. The summed E-state index contributed by atoms with van der Waals surface area (Å²) in [5.74, 6) is 0.761. The first kappa shape index (κ1) is 21.7. The molecule has 1 N–H and O–H groups in total. The molecule has 0 aliphatic carbocycles. The molecule has 1 amide bonds. The number of carbonyl (C=O) groups excluding carboxylic acids is 1. The number of halogens is 1. The summed E-state index contributed by atoms with van der Waals surface area (Å²) in [4.78, 5) is 19.7. The summed E-state index contributed by atoms with van der Waals surface area (Å²) in [7, 11) is 5.47. The van der Waals surface area contributed by atoms with E-state index in [0.717, 1.165) is 25.5 Å². The maximum Gasteiger partial charge on any atom is 0.243 e. The molecule has 0 heterocycles. The van der Waals surface area contributed by atoms with E-state index in [1.165, 1.54) is 11.1 Å². The Morgan fingerprint density at radius 2 is 1.78 bits per heavy atom. The molecule has 0 fully saturated rings. The number of nitrogens with one attached hydrogen (secondary N) is 1. The summed E-state index contributed by atoms with van der Waals surface area (Å²) in [6.45, 7) is 5.95. The van der Waals surface area contributed by atoms with E-state index in [0.29, 0.717) is 0 Å². The van der Waals surface area contributed by atoms with Crippen molar-refractivity contribution in [3.63, 3.8) is 0 Å². The average molecular weight is 432 g/mol. The number of likely N-dealkylation sites (N-methyl/N-ethyl adjacent to an activating group) is 1. The van der Waals surface area contributed by atoms with Crippen molar-refractivity contribution >= 4 is 35.8 Å². The van der Waals surface area contributed by atoms with Crippen LogP contribution in [0.15, 0.2) is 29.3 Å². The molecule has 0 aliphatic heterocycles. The first-order chi connectivity index (χ1) is 10.4. The monoisotopic (exact) mass is 432 g/mol. The number of guanidine groups is 1. The minimum atomic E-state index is -0.000431.